The predicted molar refractivity (Wildman–Crippen MR) is 55.8 cm³/mol. The van der Waals surface area contributed by atoms with Crippen molar-refractivity contribution in [3.63, 3.8) is 0 Å². The second kappa shape index (κ2) is 6.45. The highest BCUT2D eigenvalue weighted by atomic mass is 19.4. The first kappa shape index (κ1) is 13.8. The maximum Gasteiger partial charge on any atom is 0.413 e. The van der Waals surface area contributed by atoms with E-state index < -0.39 is 12.8 Å². The second-order valence-electron chi connectivity index (χ2n) is 4.50. The van der Waals surface area contributed by atoms with Crippen LogP contribution >= 0.6 is 0 Å². The lowest BCUT2D eigenvalue weighted by Crippen LogP contribution is -2.32. The molecule has 1 rings (SSSR count). The van der Waals surface area contributed by atoms with E-state index in [1.807, 2.05) is 0 Å². The lowest BCUT2D eigenvalue weighted by Gasteiger charge is -2.17. The lowest BCUT2D eigenvalue weighted by atomic mass is 9.98. The van der Waals surface area contributed by atoms with Crippen molar-refractivity contribution in [2.75, 3.05) is 6.61 Å². The van der Waals surface area contributed by atoms with Crippen LogP contribution in [0.5, 0.6) is 0 Å². The summed E-state index contributed by atoms with van der Waals surface area (Å²) in [6.07, 6.45) is 2.09. The molecule has 16 heavy (non-hydrogen) atoms. The molecule has 0 saturated heterocycles. The van der Waals surface area contributed by atoms with Gasteiger partial charge in [0.25, 0.3) is 0 Å². The number of hydrogen-bond acceptors (Lipinski definition) is 2. The van der Waals surface area contributed by atoms with E-state index in [1.165, 1.54) is 6.42 Å². The number of rotatable bonds is 4. The van der Waals surface area contributed by atoms with Crippen LogP contribution in [0, 0.1) is 5.92 Å². The smallest absolute Gasteiger partial charge is 0.292 e. The van der Waals surface area contributed by atoms with Crippen molar-refractivity contribution in [2.45, 2.75) is 57.7 Å². The lowest BCUT2D eigenvalue weighted by molar-refractivity contribution is -0.193. The van der Waals surface area contributed by atoms with Gasteiger partial charge in [0.1, 0.15) is 0 Å². The minimum Gasteiger partial charge on any atom is -0.292 e. The molecule has 2 atom stereocenters. The Bertz CT molecular complexity index is 196. The Balaban J connectivity index is 2.18. The van der Waals surface area contributed by atoms with Gasteiger partial charge in [-0.25, -0.2) is 0 Å². The van der Waals surface area contributed by atoms with Crippen LogP contribution in [0.15, 0.2) is 0 Å². The van der Waals surface area contributed by atoms with Crippen LogP contribution in [-0.4, -0.2) is 18.8 Å². The summed E-state index contributed by atoms with van der Waals surface area (Å²) in [4.78, 5) is 4.49. The summed E-state index contributed by atoms with van der Waals surface area (Å²) in [5, 5.41) is 0. The molecular formula is C11H20F3NO. The summed E-state index contributed by atoms with van der Waals surface area (Å²) < 4.78 is 35.5. The molecule has 1 fully saturated rings. The van der Waals surface area contributed by atoms with Crippen molar-refractivity contribution in [3.8, 4) is 0 Å². The van der Waals surface area contributed by atoms with E-state index in [9.17, 15) is 13.2 Å². The Kier molecular flexibility index (Phi) is 5.55. The maximum absolute atomic E-state index is 11.8. The highest BCUT2D eigenvalue weighted by Gasteiger charge is 2.28. The quantitative estimate of drug-likeness (QED) is 0.599. The van der Waals surface area contributed by atoms with Crippen molar-refractivity contribution in [1.82, 2.24) is 5.48 Å². The van der Waals surface area contributed by atoms with Crippen LogP contribution in [0.4, 0.5) is 13.2 Å². The fourth-order valence-electron chi connectivity index (χ4n) is 2.15. The Morgan fingerprint density at radius 3 is 2.56 bits per heavy atom. The first-order valence-corrected chi connectivity index (χ1v) is 5.95. The first-order valence-electron chi connectivity index (χ1n) is 5.95. The van der Waals surface area contributed by atoms with Gasteiger partial charge in [-0.05, 0) is 25.2 Å². The zero-order valence-corrected chi connectivity index (χ0v) is 9.65. The molecule has 0 aromatic heterocycles. The molecule has 0 aromatic carbocycles. The predicted octanol–water partition coefficient (Wildman–Crippen LogP) is 3.43. The van der Waals surface area contributed by atoms with E-state index >= 15 is 0 Å². The number of nitrogens with one attached hydrogen (secondary N) is 1. The molecule has 0 radical (unpaired) electrons. The average Bonchev–Trinajstić information content (AvgIpc) is 2.41. The molecule has 1 N–H and O–H groups in total. The molecule has 2 nitrogen and oxygen atoms in total. The van der Waals surface area contributed by atoms with Crippen molar-refractivity contribution >= 4 is 0 Å². The van der Waals surface area contributed by atoms with Gasteiger partial charge in [0.15, 0.2) is 6.61 Å². The Labute approximate surface area is 94.5 Å². The summed E-state index contributed by atoms with van der Waals surface area (Å²) in [7, 11) is 0. The fourth-order valence-corrected chi connectivity index (χ4v) is 2.15. The largest absolute Gasteiger partial charge is 0.413 e. The van der Waals surface area contributed by atoms with Gasteiger partial charge in [-0.15, -0.1) is 0 Å². The normalized spacial score (nSPS) is 27.8. The summed E-state index contributed by atoms with van der Waals surface area (Å²) in [5.41, 5.74) is 2.54. The monoisotopic (exact) mass is 239 g/mol. The molecular weight excluding hydrogens is 219 g/mol. The van der Waals surface area contributed by atoms with E-state index in [0.29, 0.717) is 0 Å². The van der Waals surface area contributed by atoms with E-state index in [1.54, 1.807) is 0 Å². The van der Waals surface area contributed by atoms with Gasteiger partial charge in [0, 0.05) is 6.04 Å². The molecule has 0 amide bonds. The Morgan fingerprint density at radius 2 is 1.94 bits per heavy atom. The molecule has 96 valence electrons. The van der Waals surface area contributed by atoms with Crippen LogP contribution < -0.4 is 5.48 Å². The molecule has 0 aliphatic heterocycles. The summed E-state index contributed by atoms with van der Waals surface area (Å²) in [6, 6.07) is 0.0823. The molecule has 0 spiro atoms. The van der Waals surface area contributed by atoms with Gasteiger partial charge in [-0.3, -0.25) is 4.84 Å². The minimum atomic E-state index is -4.25. The molecule has 1 saturated carbocycles. The van der Waals surface area contributed by atoms with Crippen molar-refractivity contribution in [3.05, 3.63) is 0 Å². The van der Waals surface area contributed by atoms with Gasteiger partial charge in [-0.2, -0.15) is 18.7 Å². The van der Waals surface area contributed by atoms with E-state index in [-0.39, 0.29) is 6.04 Å². The molecule has 0 heterocycles. The zero-order valence-electron chi connectivity index (χ0n) is 9.65. The van der Waals surface area contributed by atoms with Crippen molar-refractivity contribution < 1.29 is 18.0 Å². The molecule has 0 aromatic rings. The third kappa shape index (κ3) is 5.70. The van der Waals surface area contributed by atoms with Crippen molar-refractivity contribution in [1.29, 1.82) is 0 Å². The molecule has 1 aliphatic carbocycles. The fraction of sp³-hybridized carbons (Fsp3) is 1.00. The number of hydroxylamine groups is 1. The summed E-state index contributed by atoms with van der Waals surface area (Å²) in [6.45, 7) is 0.958. The third-order valence-electron chi connectivity index (χ3n) is 3.15. The van der Waals surface area contributed by atoms with E-state index in [2.05, 4.69) is 17.2 Å². The third-order valence-corrected chi connectivity index (χ3v) is 3.15. The van der Waals surface area contributed by atoms with E-state index in [4.69, 9.17) is 0 Å². The van der Waals surface area contributed by atoms with Gasteiger partial charge in [0.05, 0.1) is 0 Å². The van der Waals surface area contributed by atoms with Crippen LogP contribution in [0.1, 0.15) is 45.4 Å². The van der Waals surface area contributed by atoms with Crippen LogP contribution in [0.2, 0.25) is 0 Å². The highest BCUT2D eigenvalue weighted by Crippen LogP contribution is 2.25. The number of alkyl halides is 3. The van der Waals surface area contributed by atoms with Gasteiger partial charge in [0.2, 0.25) is 0 Å². The SMILES string of the molecule is CCC1CCCC(NOCC(F)(F)F)CC1. The standard InChI is InChI=1S/C11H20F3NO/c1-2-9-4-3-5-10(7-6-9)15-16-8-11(12,13)14/h9-10,15H,2-8H2,1H3. The van der Waals surface area contributed by atoms with Gasteiger partial charge < -0.3 is 0 Å². The molecule has 1 aliphatic rings. The molecule has 0 bridgehead atoms. The van der Waals surface area contributed by atoms with Gasteiger partial charge in [-0.1, -0.05) is 26.2 Å². The van der Waals surface area contributed by atoms with Crippen molar-refractivity contribution in [2.24, 2.45) is 5.92 Å². The highest BCUT2D eigenvalue weighted by molar-refractivity contribution is 4.72. The van der Waals surface area contributed by atoms with Crippen LogP contribution in [0.25, 0.3) is 0 Å². The summed E-state index contributed by atoms with van der Waals surface area (Å²) >= 11 is 0. The number of halogens is 3. The molecule has 2 unspecified atom stereocenters. The Morgan fingerprint density at radius 1 is 1.19 bits per heavy atom. The molecule has 5 heteroatoms. The maximum atomic E-state index is 11.8. The number of hydrogen-bond donors (Lipinski definition) is 1. The topological polar surface area (TPSA) is 21.3 Å². The zero-order chi connectivity index (χ0) is 12.0. The van der Waals surface area contributed by atoms with Crippen LogP contribution in [-0.2, 0) is 4.84 Å². The second-order valence-corrected chi connectivity index (χ2v) is 4.50. The first-order chi connectivity index (χ1) is 7.51. The Hall–Kier alpha value is -0.290. The average molecular weight is 239 g/mol. The minimum absolute atomic E-state index is 0.0823. The van der Waals surface area contributed by atoms with Gasteiger partial charge >= 0.3 is 6.18 Å². The van der Waals surface area contributed by atoms with E-state index in [0.717, 1.165) is 38.0 Å². The summed E-state index contributed by atoms with van der Waals surface area (Å²) in [5.74, 6) is 0.731. The van der Waals surface area contributed by atoms with Crippen LogP contribution in [0.3, 0.4) is 0 Å².